The number of benzene rings is 10. The van der Waals surface area contributed by atoms with Gasteiger partial charge in [0, 0.05) is 5.41 Å². The van der Waals surface area contributed by atoms with E-state index >= 15 is 0 Å². The van der Waals surface area contributed by atoms with Crippen LogP contribution in [0.1, 0.15) is 25.0 Å². The van der Waals surface area contributed by atoms with E-state index in [9.17, 15) is 0 Å². The molecule has 0 aromatic heterocycles. The minimum atomic E-state index is -0.112. The second kappa shape index (κ2) is 11.2. The molecule has 0 fully saturated rings. The Morgan fingerprint density at radius 1 is 0.264 bits per heavy atom. The molecule has 10 aromatic carbocycles. The van der Waals surface area contributed by atoms with Crippen LogP contribution in [0.4, 0.5) is 0 Å². The monoisotopic (exact) mass is 672 g/mol. The Morgan fingerprint density at radius 2 is 0.717 bits per heavy atom. The smallest absolute Gasteiger partial charge is 0.0159 e. The summed E-state index contributed by atoms with van der Waals surface area (Å²) in [6, 6.07) is 68.1. The average Bonchev–Trinajstić information content (AvgIpc) is 3.44. The fourth-order valence-electron chi connectivity index (χ4n) is 9.16. The lowest BCUT2D eigenvalue weighted by Gasteiger charge is -2.23. The molecule has 0 heteroatoms. The molecule has 0 radical (unpaired) electrons. The first-order chi connectivity index (χ1) is 26.0. The van der Waals surface area contributed by atoms with E-state index < -0.39 is 0 Å². The molecule has 0 saturated carbocycles. The number of fused-ring (bicyclic) bond motifs is 10. The summed E-state index contributed by atoms with van der Waals surface area (Å²) in [5.74, 6) is 0. The highest BCUT2D eigenvalue weighted by Gasteiger charge is 2.36. The molecule has 0 aliphatic heterocycles. The molecule has 10 aromatic rings. The molecule has 11 rings (SSSR count). The van der Waals surface area contributed by atoms with Crippen LogP contribution >= 0.6 is 0 Å². The van der Waals surface area contributed by atoms with Crippen LogP contribution in [-0.2, 0) is 5.41 Å². The van der Waals surface area contributed by atoms with Crippen LogP contribution < -0.4 is 0 Å². The molecule has 0 nitrogen and oxygen atoms in total. The highest BCUT2D eigenvalue weighted by molar-refractivity contribution is 6.21. The van der Waals surface area contributed by atoms with E-state index in [1.165, 1.54) is 109 Å². The van der Waals surface area contributed by atoms with E-state index in [0.29, 0.717) is 0 Å². The van der Waals surface area contributed by atoms with Crippen LogP contribution in [-0.4, -0.2) is 0 Å². The fourth-order valence-corrected chi connectivity index (χ4v) is 9.16. The van der Waals surface area contributed by atoms with Gasteiger partial charge in [0.1, 0.15) is 0 Å². The van der Waals surface area contributed by atoms with E-state index in [-0.39, 0.29) is 5.41 Å². The van der Waals surface area contributed by atoms with Gasteiger partial charge in [-0.3, -0.25) is 0 Å². The van der Waals surface area contributed by atoms with E-state index in [0.717, 1.165) is 0 Å². The van der Waals surface area contributed by atoms with Crippen LogP contribution in [0.15, 0.2) is 182 Å². The van der Waals surface area contributed by atoms with Gasteiger partial charge >= 0.3 is 0 Å². The number of rotatable bonds is 3. The van der Waals surface area contributed by atoms with Crippen molar-refractivity contribution in [1.29, 1.82) is 0 Å². The number of hydrogen-bond donors (Lipinski definition) is 0. The summed E-state index contributed by atoms with van der Waals surface area (Å²) in [5, 5.41) is 12.8. The maximum atomic E-state index is 2.44. The minimum absolute atomic E-state index is 0.112. The summed E-state index contributed by atoms with van der Waals surface area (Å²) in [4.78, 5) is 0. The summed E-state index contributed by atoms with van der Waals surface area (Å²) in [6.45, 7) is 4.77. The zero-order chi connectivity index (χ0) is 35.3. The first-order valence-electron chi connectivity index (χ1n) is 18.7. The molecule has 0 heterocycles. The lowest BCUT2D eigenvalue weighted by atomic mass is 9.80. The van der Waals surface area contributed by atoms with Gasteiger partial charge in [-0.05, 0) is 146 Å². The van der Waals surface area contributed by atoms with E-state index in [2.05, 4.69) is 196 Å². The fraction of sp³-hybridized carbons (Fsp3) is 0.0566. The Kier molecular flexibility index (Phi) is 6.40. The second-order valence-electron chi connectivity index (χ2n) is 15.3. The normalized spacial score (nSPS) is 13.2. The van der Waals surface area contributed by atoms with Crippen molar-refractivity contribution in [2.75, 3.05) is 0 Å². The molecule has 0 N–H and O–H groups in total. The molecular weight excluding hydrogens is 637 g/mol. The Hall–Kier alpha value is -6.50. The maximum absolute atomic E-state index is 2.44. The first kappa shape index (κ1) is 30.2. The van der Waals surface area contributed by atoms with E-state index in [1.807, 2.05) is 0 Å². The molecule has 0 atom stereocenters. The topological polar surface area (TPSA) is 0 Å². The molecule has 0 bridgehead atoms. The van der Waals surface area contributed by atoms with Crippen molar-refractivity contribution >= 4 is 53.9 Å². The highest BCUT2D eigenvalue weighted by Crippen LogP contribution is 2.51. The Bertz CT molecular complexity index is 3140. The van der Waals surface area contributed by atoms with Crippen molar-refractivity contribution in [3.8, 4) is 44.5 Å². The van der Waals surface area contributed by atoms with Crippen LogP contribution in [0.3, 0.4) is 0 Å². The largest absolute Gasteiger partial charge is 0.0616 e. The first-order valence-corrected chi connectivity index (χ1v) is 18.7. The van der Waals surface area contributed by atoms with Gasteiger partial charge in [0.05, 0.1) is 0 Å². The van der Waals surface area contributed by atoms with Gasteiger partial charge in [-0.2, -0.15) is 0 Å². The summed E-state index contributed by atoms with van der Waals surface area (Å²) in [6.07, 6.45) is 0. The van der Waals surface area contributed by atoms with Crippen molar-refractivity contribution in [2.45, 2.75) is 19.3 Å². The molecule has 1 aliphatic rings. The highest BCUT2D eigenvalue weighted by atomic mass is 14.4. The summed E-state index contributed by atoms with van der Waals surface area (Å²) >= 11 is 0. The Morgan fingerprint density at radius 3 is 1.42 bits per heavy atom. The molecular formula is C53H36. The third-order valence-corrected chi connectivity index (χ3v) is 12.0. The van der Waals surface area contributed by atoms with Gasteiger partial charge in [-0.25, -0.2) is 0 Å². The predicted molar refractivity (Wildman–Crippen MR) is 228 cm³/mol. The van der Waals surface area contributed by atoms with Gasteiger partial charge in [-0.15, -0.1) is 0 Å². The summed E-state index contributed by atoms with van der Waals surface area (Å²) in [5.41, 5.74) is 12.9. The lowest BCUT2D eigenvalue weighted by molar-refractivity contribution is 0.661. The van der Waals surface area contributed by atoms with Crippen molar-refractivity contribution in [1.82, 2.24) is 0 Å². The SMILES string of the molecule is CC1(C)c2cc(-c3ccc4ccccc4c3)ccc2-c2ccc(-c3ccc4ccc(-c5cc6c7ccccc7ccc6c6ccccc56)cc4c3)cc21. The molecule has 0 spiro atoms. The third kappa shape index (κ3) is 4.62. The minimum Gasteiger partial charge on any atom is -0.0616 e. The summed E-state index contributed by atoms with van der Waals surface area (Å²) in [7, 11) is 0. The van der Waals surface area contributed by atoms with Crippen LogP contribution in [0.5, 0.6) is 0 Å². The molecule has 0 saturated heterocycles. The molecule has 248 valence electrons. The van der Waals surface area contributed by atoms with E-state index in [1.54, 1.807) is 0 Å². The van der Waals surface area contributed by atoms with Crippen molar-refractivity contribution in [3.05, 3.63) is 193 Å². The molecule has 1 aliphatic carbocycles. The Balaban J connectivity index is 0.997. The van der Waals surface area contributed by atoms with Gasteiger partial charge < -0.3 is 0 Å². The second-order valence-corrected chi connectivity index (χ2v) is 15.3. The van der Waals surface area contributed by atoms with Crippen LogP contribution in [0, 0.1) is 0 Å². The van der Waals surface area contributed by atoms with Gasteiger partial charge in [0.2, 0.25) is 0 Å². The average molecular weight is 673 g/mol. The van der Waals surface area contributed by atoms with Gasteiger partial charge in [-0.1, -0.05) is 159 Å². The van der Waals surface area contributed by atoms with E-state index in [4.69, 9.17) is 0 Å². The standard InChI is InChI=1S/C53H36/c1-53(2)51-30-39(37-18-15-33-9-3-4-11-36(33)27-37)22-25-47(51)48-26-23-40(31-52(48)53)38-19-16-34-17-20-41(29-42(34)28-38)49-32-50-43-12-6-5-10-35(43)21-24-46(50)44-13-7-8-14-45(44)49/h3-32H,1-2H3. The van der Waals surface area contributed by atoms with Crippen molar-refractivity contribution < 1.29 is 0 Å². The van der Waals surface area contributed by atoms with Crippen LogP contribution in [0.25, 0.3) is 98.4 Å². The van der Waals surface area contributed by atoms with Crippen molar-refractivity contribution in [2.24, 2.45) is 0 Å². The predicted octanol–water partition coefficient (Wildman–Crippen LogP) is 14.8. The quantitative estimate of drug-likeness (QED) is 0.164. The maximum Gasteiger partial charge on any atom is 0.0159 e. The Labute approximate surface area is 309 Å². The lowest BCUT2D eigenvalue weighted by Crippen LogP contribution is -2.15. The van der Waals surface area contributed by atoms with Gasteiger partial charge in [0.25, 0.3) is 0 Å². The third-order valence-electron chi connectivity index (χ3n) is 12.0. The zero-order valence-corrected chi connectivity index (χ0v) is 29.8. The number of hydrogen-bond acceptors (Lipinski definition) is 0. The van der Waals surface area contributed by atoms with Crippen molar-refractivity contribution in [3.63, 3.8) is 0 Å². The molecule has 53 heavy (non-hydrogen) atoms. The molecule has 0 amide bonds. The van der Waals surface area contributed by atoms with Crippen LogP contribution in [0.2, 0.25) is 0 Å². The zero-order valence-electron chi connectivity index (χ0n) is 29.8. The summed E-state index contributed by atoms with van der Waals surface area (Å²) < 4.78 is 0. The van der Waals surface area contributed by atoms with Gasteiger partial charge in [0.15, 0.2) is 0 Å². The molecule has 0 unspecified atom stereocenters.